The SMILES string of the molecule is NCCNCC(CNCCN)Cc1cccc(Br)c1. The standard InChI is InChI=1S/C14H25BrN4/c15-14-3-1-2-12(9-14)8-13(10-18-6-4-16)11-19-7-5-17/h1-3,9,13,18-19H,4-8,10-11,16-17H2. The first kappa shape index (κ1) is 16.6. The van der Waals surface area contributed by atoms with Gasteiger partial charge in [0.25, 0.3) is 0 Å². The van der Waals surface area contributed by atoms with Crippen molar-refractivity contribution in [2.24, 2.45) is 17.4 Å². The van der Waals surface area contributed by atoms with Gasteiger partial charge in [0.15, 0.2) is 0 Å². The Labute approximate surface area is 124 Å². The second-order valence-corrected chi connectivity index (χ2v) is 5.60. The number of halogens is 1. The third-order valence-corrected chi connectivity index (χ3v) is 3.41. The number of nitrogens with one attached hydrogen (secondary N) is 2. The van der Waals surface area contributed by atoms with E-state index in [1.807, 2.05) is 0 Å². The highest BCUT2D eigenvalue weighted by atomic mass is 79.9. The Morgan fingerprint density at radius 2 is 1.68 bits per heavy atom. The predicted octanol–water partition coefficient (Wildman–Crippen LogP) is 0.704. The van der Waals surface area contributed by atoms with Crippen LogP contribution in [0.3, 0.4) is 0 Å². The summed E-state index contributed by atoms with van der Waals surface area (Å²) in [5.74, 6) is 0.549. The molecule has 0 spiro atoms. The van der Waals surface area contributed by atoms with E-state index in [9.17, 15) is 0 Å². The van der Waals surface area contributed by atoms with Crippen LogP contribution in [0.5, 0.6) is 0 Å². The first-order chi connectivity index (χ1) is 9.26. The minimum Gasteiger partial charge on any atom is -0.329 e. The average molecular weight is 329 g/mol. The van der Waals surface area contributed by atoms with Crippen LogP contribution >= 0.6 is 15.9 Å². The first-order valence-corrected chi connectivity index (χ1v) is 7.61. The van der Waals surface area contributed by atoms with Crippen LogP contribution in [0.1, 0.15) is 5.56 Å². The average Bonchev–Trinajstić information content (AvgIpc) is 2.39. The Balaban J connectivity index is 2.46. The number of hydrogen-bond acceptors (Lipinski definition) is 4. The molecular weight excluding hydrogens is 304 g/mol. The lowest BCUT2D eigenvalue weighted by molar-refractivity contribution is 0.444. The van der Waals surface area contributed by atoms with Crippen molar-refractivity contribution in [2.75, 3.05) is 39.3 Å². The molecule has 0 amide bonds. The summed E-state index contributed by atoms with van der Waals surface area (Å²) >= 11 is 3.52. The third kappa shape index (κ3) is 7.64. The predicted molar refractivity (Wildman–Crippen MR) is 85.2 cm³/mol. The lowest BCUT2D eigenvalue weighted by Gasteiger charge is -2.18. The number of nitrogens with two attached hydrogens (primary N) is 2. The lowest BCUT2D eigenvalue weighted by atomic mass is 9.99. The molecule has 0 bridgehead atoms. The Bertz CT molecular complexity index is 336. The van der Waals surface area contributed by atoms with Gasteiger partial charge in [-0.2, -0.15) is 0 Å². The van der Waals surface area contributed by atoms with E-state index < -0.39 is 0 Å². The van der Waals surface area contributed by atoms with E-state index >= 15 is 0 Å². The molecule has 108 valence electrons. The van der Waals surface area contributed by atoms with Crippen LogP contribution in [0.4, 0.5) is 0 Å². The molecule has 0 aromatic heterocycles. The third-order valence-electron chi connectivity index (χ3n) is 2.92. The minimum atomic E-state index is 0.549. The van der Waals surface area contributed by atoms with Crippen molar-refractivity contribution < 1.29 is 0 Å². The molecule has 1 aromatic rings. The molecule has 0 aliphatic heterocycles. The van der Waals surface area contributed by atoms with Gasteiger partial charge in [0.1, 0.15) is 0 Å². The normalized spacial score (nSPS) is 11.2. The quantitative estimate of drug-likeness (QED) is 0.477. The molecule has 1 rings (SSSR count). The van der Waals surface area contributed by atoms with Crippen LogP contribution in [-0.4, -0.2) is 39.3 Å². The van der Waals surface area contributed by atoms with Gasteiger partial charge in [0, 0.05) is 30.7 Å². The van der Waals surface area contributed by atoms with Gasteiger partial charge in [-0.15, -0.1) is 0 Å². The minimum absolute atomic E-state index is 0.549. The number of hydrogen-bond donors (Lipinski definition) is 4. The van der Waals surface area contributed by atoms with E-state index in [4.69, 9.17) is 11.5 Å². The first-order valence-electron chi connectivity index (χ1n) is 6.82. The zero-order valence-corrected chi connectivity index (χ0v) is 13.0. The molecule has 0 heterocycles. The molecule has 0 saturated heterocycles. The molecule has 0 aliphatic rings. The summed E-state index contributed by atoms with van der Waals surface area (Å²) in [5, 5.41) is 6.78. The molecule has 0 saturated carbocycles. The second-order valence-electron chi connectivity index (χ2n) is 4.69. The van der Waals surface area contributed by atoms with E-state index in [-0.39, 0.29) is 0 Å². The summed E-state index contributed by atoms with van der Waals surface area (Å²) in [4.78, 5) is 0. The van der Waals surface area contributed by atoms with Crippen molar-refractivity contribution >= 4 is 15.9 Å². The Hall–Kier alpha value is -0.460. The highest BCUT2D eigenvalue weighted by Gasteiger charge is 2.09. The van der Waals surface area contributed by atoms with Gasteiger partial charge in [-0.05, 0) is 43.1 Å². The molecule has 1 aromatic carbocycles. The summed E-state index contributed by atoms with van der Waals surface area (Å²) in [6.07, 6.45) is 1.05. The van der Waals surface area contributed by atoms with Crippen molar-refractivity contribution in [3.8, 4) is 0 Å². The Kier molecular flexibility index (Phi) is 9.03. The van der Waals surface area contributed by atoms with Crippen LogP contribution in [-0.2, 0) is 6.42 Å². The van der Waals surface area contributed by atoms with Gasteiger partial charge in [0.2, 0.25) is 0 Å². The summed E-state index contributed by atoms with van der Waals surface area (Å²) in [7, 11) is 0. The Morgan fingerprint density at radius 1 is 1.05 bits per heavy atom. The van der Waals surface area contributed by atoms with Crippen LogP contribution < -0.4 is 22.1 Å². The van der Waals surface area contributed by atoms with Crippen molar-refractivity contribution in [2.45, 2.75) is 6.42 Å². The molecule has 0 radical (unpaired) electrons. The van der Waals surface area contributed by atoms with E-state index in [0.717, 1.165) is 37.1 Å². The number of benzene rings is 1. The van der Waals surface area contributed by atoms with Gasteiger partial charge in [-0.25, -0.2) is 0 Å². The molecule has 0 unspecified atom stereocenters. The topological polar surface area (TPSA) is 76.1 Å². The summed E-state index contributed by atoms with van der Waals surface area (Å²) in [5.41, 5.74) is 12.4. The zero-order chi connectivity index (χ0) is 13.9. The maximum Gasteiger partial charge on any atom is 0.0177 e. The van der Waals surface area contributed by atoms with Gasteiger partial charge >= 0.3 is 0 Å². The van der Waals surface area contributed by atoms with Crippen molar-refractivity contribution in [3.05, 3.63) is 34.3 Å². The molecule has 0 fully saturated rings. The van der Waals surface area contributed by atoms with Crippen LogP contribution in [0.15, 0.2) is 28.7 Å². The fraction of sp³-hybridized carbons (Fsp3) is 0.571. The van der Waals surface area contributed by atoms with E-state index in [1.165, 1.54) is 5.56 Å². The highest BCUT2D eigenvalue weighted by Crippen LogP contribution is 2.14. The molecule has 5 heteroatoms. The van der Waals surface area contributed by atoms with E-state index in [0.29, 0.717) is 19.0 Å². The molecular formula is C14H25BrN4. The monoisotopic (exact) mass is 328 g/mol. The van der Waals surface area contributed by atoms with Crippen LogP contribution in [0.25, 0.3) is 0 Å². The van der Waals surface area contributed by atoms with Gasteiger partial charge < -0.3 is 22.1 Å². The van der Waals surface area contributed by atoms with Crippen molar-refractivity contribution in [1.82, 2.24) is 10.6 Å². The maximum atomic E-state index is 5.51. The highest BCUT2D eigenvalue weighted by molar-refractivity contribution is 9.10. The molecule has 0 aliphatic carbocycles. The van der Waals surface area contributed by atoms with Crippen molar-refractivity contribution in [3.63, 3.8) is 0 Å². The summed E-state index contributed by atoms with van der Waals surface area (Å²) in [6.45, 7) is 5.04. The largest absolute Gasteiger partial charge is 0.329 e. The number of rotatable bonds is 10. The van der Waals surface area contributed by atoms with Crippen LogP contribution in [0.2, 0.25) is 0 Å². The molecule has 0 atom stereocenters. The lowest BCUT2D eigenvalue weighted by Crippen LogP contribution is -2.36. The fourth-order valence-corrected chi connectivity index (χ4v) is 2.48. The fourth-order valence-electron chi connectivity index (χ4n) is 2.03. The van der Waals surface area contributed by atoms with Crippen molar-refractivity contribution in [1.29, 1.82) is 0 Å². The van der Waals surface area contributed by atoms with Crippen LogP contribution in [0, 0.1) is 5.92 Å². The maximum absolute atomic E-state index is 5.51. The van der Waals surface area contributed by atoms with E-state index in [2.05, 4.69) is 50.8 Å². The summed E-state index contributed by atoms with van der Waals surface area (Å²) in [6, 6.07) is 8.48. The van der Waals surface area contributed by atoms with Gasteiger partial charge in [-0.1, -0.05) is 28.1 Å². The smallest absolute Gasteiger partial charge is 0.0177 e. The molecule has 4 nitrogen and oxygen atoms in total. The van der Waals surface area contributed by atoms with E-state index in [1.54, 1.807) is 0 Å². The molecule has 19 heavy (non-hydrogen) atoms. The second kappa shape index (κ2) is 10.3. The van der Waals surface area contributed by atoms with Gasteiger partial charge in [0.05, 0.1) is 0 Å². The summed E-state index contributed by atoms with van der Waals surface area (Å²) < 4.78 is 1.13. The zero-order valence-electron chi connectivity index (χ0n) is 11.4. The Morgan fingerprint density at radius 3 is 2.21 bits per heavy atom. The molecule has 6 N–H and O–H groups in total. The van der Waals surface area contributed by atoms with Gasteiger partial charge in [-0.3, -0.25) is 0 Å².